The molecule has 37 heavy (non-hydrogen) atoms. The van der Waals surface area contributed by atoms with Crippen LogP contribution in [0.25, 0.3) is 10.9 Å². The van der Waals surface area contributed by atoms with Crippen molar-refractivity contribution in [2.24, 2.45) is 0 Å². The molecule has 2 fully saturated rings. The molecule has 2 saturated heterocycles. The number of benzene rings is 2. The first-order chi connectivity index (χ1) is 18.0. The minimum absolute atomic E-state index is 0.165. The van der Waals surface area contributed by atoms with Crippen molar-refractivity contribution in [3.05, 3.63) is 74.5 Å². The highest BCUT2D eigenvalue weighted by atomic mass is 35.5. The number of carbonyl (C=O) groups excluding carboxylic acids is 1. The van der Waals surface area contributed by atoms with E-state index in [4.69, 9.17) is 21.1 Å². The molecule has 1 amide bonds. The Hall–Kier alpha value is -2.52. The van der Waals surface area contributed by atoms with Gasteiger partial charge in [0.2, 0.25) is 5.43 Å². The summed E-state index contributed by atoms with van der Waals surface area (Å²) in [6, 6.07) is 11.4. The monoisotopic (exact) mass is 539 g/mol. The summed E-state index contributed by atoms with van der Waals surface area (Å²) >= 11 is 7.93. The van der Waals surface area contributed by atoms with Gasteiger partial charge in [0, 0.05) is 37.4 Å². The lowest BCUT2D eigenvalue weighted by atomic mass is 9.93. The molecular formula is C28H30ClN3O4S. The number of aromatic nitrogens is 1. The van der Waals surface area contributed by atoms with Gasteiger partial charge in [-0.25, -0.2) is 0 Å². The molecular weight excluding hydrogens is 510 g/mol. The van der Waals surface area contributed by atoms with Crippen LogP contribution in [0.1, 0.15) is 34.3 Å². The number of thioether (sulfide) groups is 1. The zero-order chi connectivity index (χ0) is 25.4. The molecule has 0 bridgehead atoms. The average Bonchev–Trinajstić information content (AvgIpc) is 2.91. The van der Waals surface area contributed by atoms with Gasteiger partial charge in [-0.1, -0.05) is 23.7 Å². The molecule has 0 atom stereocenters. The van der Waals surface area contributed by atoms with E-state index in [0.29, 0.717) is 43.3 Å². The Morgan fingerprint density at radius 3 is 2.59 bits per heavy atom. The van der Waals surface area contributed by atoms with Gasteiger partial charge in [0.15, 0.2) is 0 Å². The molecule has 0 saturated carbocycles. The number of halogens is 1. The van der Waals surface area contributed by atoms with Crippen molar-refractivity contribution in [3.8, 4) is 5.75 Å². The molecule has 194 valence electrons. The van der Waals surface area contributed by atoms with E-state index in [1.807, 2.05) is 30.0 Å². The van der Waals surface area contributed by atoms with Gasteiger partial charge in [-0.3, -0.25) is 14.5 Å². The Labute approximate surface area is 225 Å². The molecule has 7 nitrogen and oxygen atoms in total. The van der Waals surface area contributed by atoms with Gasteiger partial charge in [0.1, 0.15) is 16.9 Å². The maximum Gasteiger partial charge on any atom is 0.257 e. The van der Waals surface area contributed by atoms with E-state index in [1.54, 1.807) is 18.3 Å². The molecule has 3 aromatic rings. The molecule has 9 heteroatoms. The van der Waals surface area contributed by atoms with Gasteiger partial charge >= 0.3 is 0 Å². The normalized spacial score (nSPS) is 19.1. The first-order valence-corrected chi connectivity index (χ1v) is 14.3. The molecule has 3 aliphatic rings. The standard InChI is InChI=1S/C28H30ClN3O4S/c29-21-3-1-19(2-4-21)15-30-27(34)23-17-32-18-28(5-11-37-12-6-28)36-24-14-20(13-22(25(24)32)26(23)33)16-31-7-9-35-10-8-31/h1-4,13-14,17H,5-12,15-16,18H2,(H,30,34). The largest absolute Gasteiger partial charge is 0.483 e. The molecule has 1 spiro atoms. The lowest BCUT2D eigenvalue weighted by Crippen LogP contribution is -2.47. The van der Waals surface area contributed by atoms with Crippen LogP contribution in [-0.4, -0.2) is 58.8 Å². The van der Waals surface area contributed by atoms with E-state index in [2.05, 4.69) is 20.9 Å². The minimum atomic E-state index is -0.370. The van der Waals surface area contributed by atoms with Crippen molar-refractivity contribution in [1.82, 2.24) is 14.8 Å². The van der Waals surface area contributed by atoms with Crippen LogP contribution in [0.3, 0.4) is 0 Å². The quantitative estimate of drug-likeness (QED) is 0.527. The number of carbonyl (C=O) groups is 1. The maximum absolute atomic E-state index is 13.7. The summed E-state index contributed by atoms with van der Waals surface area (Å²) < 4.78 is 14.3. The fourth-order valence-corrected chi connectivity index (χ4v) is 6.85. The van der Waals surface area contributed by atoms with Crippen LogP contribution < -0.4 is 15.5 Å². The summed E-state index contributed by atoms with van der Waals surface area (Å²) in [4.78, 5) is 29.3. The number of hydrogen-bond donors (Lipinski definition) is 1. The van der Waals surface area contributed by atoms with E-state index >= 15 is 0 Å². The van der Waals surface area contributed by atoms with E-state index in [1.165, 1.54) is 0 Å². The van der Waals surface area contributed by atoms with E-state index in [9.17, 15) is 9.59 Å². The Bertz CT molecular complexity index is 1380. The number of nitrogens with zero attached hydrogens (tertiary/aromatic N) is 2. The summed E-state index contributed by atoms with van der Waals surface area (Å²) in [6.45, 7) is 4.80. The number of hydrogen-bond acceptors (Lipinski definition) is 6. The van der Waals surface area contributed by atoms with Gasteiger partial charge in [0.05, 0.1) is 30.7 Å². The summed E-state index contributed by atoms with van der Waals surface area (Å²) in [7, 11) is 0. The van der Waals surface area contributed by atoms with Crippen molar-refractivity contribution in [2.45, 2.75) is 38.1 Å². The second kappa shape index (κ2) is 10.3. The highest BCUT2D eigenvalue weighted by molar-refractivity contribution is 7.99. The summed E-state index contributed by atoms with van der Waals surface area (Å²) in [5.74, 6) is 2.47. The number of rotatable bonds is 5. The third-order valence-corrected chi connectivity index (χ3v) is 8.74. The number of ether oxygens (including phenoxy) is 2. The smallest absolute Gasteiger partial charge is 0.257 e. The second-order valence-corrected chi connectivity index (χ2v) is 11.7. The topological polar surface area (TPSA) is 72.8 Å². The molecule has 3 aliphatic heterocycles. The van der Waals surface area contributed by atoms with Gasteiger partial charge in [-0.05, 0) is 59.7 Å². The van der Waals surface area contributed by atoms with E-state index in [-0.39, 0.29) is 22.5 Å². The lowest BCUT2D eigenvalue weighted by molar-refractivity contribution is 0.0318. The summed E-state index contributed by atoms with van der Waals surface area (Å²) in [5, 5.41) is 4.11. The highest BCUT2D eigenvalue weighted by Gasteiger charge is 2.39. The second-order valence-electron chi connectivity index (χ2n) is 10.1. The first-order valence-electron chi connectivity index (χ1n) is 12.8. The van der Waals surface area contributed by atoms with Crippen LogP contribution in [0.15, 0.2) is 47.4 Å². The van der Waals surface area contributed by atoms with Crippen molar-refractivity contribution in [2.75, 3.05) is 37.8 Å². The Kier molecular flexibility index (Phi) is 6.92. The SMILES string of the molecule is O=C(NCc1ccc(Cl)cc1)c1cn2c3c(cc(CN4CCOCC4)cc3c1=O)OC1(CCSCC1)C2. The van der Waals surface area contributed by atoms with Crippen LogP contribution in [-0.2, 0) is 24.4 Å². The van der Waals surface area contributed by atoms with Crippen molar-refractivity contribution in [1.29, 1.82) is 0 Å². The van der Waals surface area contributed by atoms with Crippen LogP contribution in [0.4, 0.5) is 0 Å². The molecule has 0 unspecified atom stereocenters. The highest BCUT2D eigenvalue weighted by Crippen LogP contribution is 2.41. The maximum atomic E-state index is 13.7. The van der Waals surface area contributed by atoms with Crippen LogP contribution in [0.5, 0.6) is 5.75 Å². The molecule has 2 aromatic carbocycles. The Balaban J connectivity index is 1.38. The molecule has 6 rings (SSSR count). The van der Waals surface area contributed by atoms with Gasteiger partial charge in [-0.15, -0.1) is 0 Å². The number of amides is 1. The summed E-state index contributed by atoms with van der Waals surface area (Å²) in [5.41, 5.74) is 2.32. The fourth-order valence-electron chi connectivity index (χ4n) is 5.49. The number of nitrogens with one attached hydrogen (secondary N) is 1. The Morgan fingerprint density at radius 1 is 1.08 bits per heavy atom. The first kappa shape index (κ1) is 24.8. The zero-order valence-corrected chi connectivity index (χ0v) is 22.2. The van der Waals surface area contributed by atoms with Gasteiger partial charge in [0.25, 0.3) is 5.91 Å². The molecule has 1 N–H and O–H groups in total. The fraction of sp³-hybridized carbons (Fsp3) is 0.429. The third kappa shape index (κ3) is 5.12. The molecule has 0 radical (unpaired) electrons. The average molecular weight is 540 g/mol. The lowest BCUT2D eigenvalue weighted by Gasteiger charge is -2.42. The summed E-state index contributed by atoms with van der Waals surface area (Å²) in [6.07, 6.45) is 3.62. The van der Waals surface area contributed by atoms with Crippen LogP contribution >= 0.6 is 23.4 Å². The van der Waals surface area contributed by atoms with Gasteiger partial charge in [-0.2, -0.15) is 11.8 Å². The third-order valence-electron chi connectivity index (χ3n) is 7.51. The minimum Gasteiger partial charge on any atom is -0.483 e. The molecule has 1 aromatic heterocycles. The number of pyridine rings is 1. The van der Waals surface area contributed by atoms with E-state index in [0.717, 1.165) is 59.8 Å². The van der Waals surface area contributed by atoms with Gasteiger partial charge < -0.3 is 19.4 Å². The van der Waals surface area contributed by atoms with Crippen molar-refractivity contribution in [3.63, 3.8) is 0 Å². The molecule has 0 aliphatic carbocycles. The van der Waals surface area contributed by atoms with Crippen LogP contribution in [0.2, 0.25) is 5.02 Å². The molecule has 4 heterocycles. The van der Waals surface area contributed by atoms with Crippen LogP contribution in [0, 0.1) is 0 Å². The Morgan fingerprint density at radius 2 is 1.84 bits per heavy atom. The van der Waals surface area contributed by atoms with Crippen molar-refractivity contribution < 1.29 is 14.3 Å². The predicted molar refractivity (Wildman–Crippen MR) is 147 cm³/mol. The number of morpholine rings is 1. The predicted octanol–water partition coefficient (Wildman–Crippen LogP) is 4.08. The zero-order valence-electron chi connectivity index (χ0n) is 20.6. The van der Waals surface area contributed by atoms with E-state index < -0.39 is 0 Å². The van der Waals surface area contributed by atoms with Crippen molar-refractivity contribution >= 4 is 40.2 Å².